The van der Waals surface area contributed by atoms with Gasteiger partial charge in [0.25, 0.3) is 11.5 Å². The van der Waals surface area contributed by atoms with E-state index in [1.807, 2.05) is 30.0 Å². The lowest BCUT2D eigenvalue weighted by molar-refractivity contribution is 0.0748. The molecule has 1 saturated carbocycles. The van der Waals surface area contributed by atoms with Crippen LogP contribution in [0.3, 0.4) is 0 Å². The SMILES string of the molecule is Cc1ccc(Cl)cc1N1CCN(C(=O)c2c(C)sc3c(=O)n(C4CC4)cnc23)CC1. The molecule has 0 spiro atoms. The van der Waals surface area contributed by atoms with Gasteiger partial charge >= 0.3 is 0 Å². The van der Waals surface area contributed by atoms with Crippen LogP contribution in [0.5, 0.6) is 0 Å². The van der Waals surface area contributed by atoms with Crippen LogP contribution in [0.15, 0.2) is 29.3 Å². The molecule has 8 heteroatoms. The molecule has 1 aliphatic carbocycles. The van der Waals surface area contributed by atoms with Crippen LogP contribution in [0.2, 0.25) is 5.02 Å². The highest BCUT2D eigenvalue weighted by atomic mass is 35.5. The average molecular weight is 443 g/mol. The number of carbonyl (C=O) groups excluding carboxylic acids is 1. The van der Waals surface area contributed by atoms with Crippen molar-refractivity contribution in [1.29, 1.82) is 0 Å². The summed E-state index contributed by atoms with van der Waals surface area (Å²) in [4.78, 5) is 35.7. The molecule has 0 radical (unpaired) electrons. The van der Waals surface area contributed by atoms with Crippen LogP contribution in [0.1, 0.15) is 39.7 Å². The van der Waals surface area contributed by atoms with Crippen molar-refractivity contribution in [2.24, 2.45) is 0 Å². The Labute approximate surface area is 183 Å². The van der Waals surface area contributed by atoms with Gasteiger partial charge in [-0.3, -0.25) is 14.2 Å². The van der Waals surface area contributed by atoms with E-state index < -0.39 is 0 Å². The monoisotopic (exact) mass is 442 g/mol. The average Bonchev–Trinajstić information content (AvgIpc) is 3.52. The first-order chi connectivity index (χ1) is 14.4. The molecule has 2 fully saturated rings. The molecule has 1 aliphatic heterocycles. The minimum atomic E-state index is -0.0303. The minimum Gasteiger partial charge on any atom is -0.368 e. The fraction of sp³-hybridized carbons (Fsp3) is 0.409. The zero-order valence-corrected chi connectivity index (χ0v) is 18.6. The van der Waals surface area contributed by atoms with Gasteiger partial charge in [0.05, 0.1) is 11.9 Å². The molecule has 1 amide bonds. The number of fused-ring (bicyclic) bond motifs is 1. The standard InChI is InChI=1S/C22H23ClN4O2S/c1-13-3-4-15(23)11-17(13)25-7-9-26(10-8-25)21(28)18-14(2)30-20-19(18)24-12-27(22(20)29)16-5-6-16/h3-4,11-12,16H,5-10H2,1-2H3. The van der Waals surface area contributed by atoms with E-state index in [0.717, 1.165) is 41.5 Å². The van der Waals surface area contributed by atoms with Crippen LogP contribution in [0.4, 0.5) is 5.69 Å². The van der Waals surface area contributed by atoms with E-state index in [1.54, 1.807) is 10.9 Å². The summed E-state index contributed by atoms with van der Waals surface area (Å²) >= 11 is 7.57. The molecule has 3 heterocycles. The van der Waals surface area contributed by atoms with Crippen molar-refractivity contribution in [3.05, 3.63) is 55.9 Å². The highest BCUT2D eigenvalue weighted by molar-refractivity contribution is 7.19. The third kappa shape index (κ3) is 3.30. The number of hydrogen-bond acceptors (Lipinski definition) is 5. The number of rotatable bonds is 3. The summed E-state index contributed by atoms with van der Waals surface area (Å²) in [5.41, 5.74) is 3.42. The molecule has 0 bridgehead atoms. The Hall–Kier alpha value is -2.38. The molecule has 156 valence electrons. The van der Waals surface area contributed by atoms with Crippen molar-refractivity contribution in [3.8, 4) is 0 Å². The van der Waals surface area contributed by atoms with Gasteiger partial charge in [0.1, 0.15) is 10.2 Å². The van der Waals surface area contributed by atoms with E-state index in [9.17, 15) is 9.59 Å². The van der Waals surface area contributed by atoms with E-state index >= 15 is 0 Å². The predicted molar refractivity (Wildman–Crippen MR) is 121 cm³/mol. The van der Waals surface area contributed by atoms with Crippen LogP contribution in [-0.2, 0) is 0 Å². The van der Waals surface area contributed by atoms with Crippen LogP contribution in [0.25, 0.3) is 10.2 Å². The van der Waals surface area contributed by atoms with Crippen molar-refractivity contribution >= 4 is 44.7 Å². The molecule has 6 nitrogen and oxygen atoms in total. The smallest absolute Gasteiger partial charge is 0.271 e. The van der Waals surface area contributed by atoms with Crippen LogP contribution in [0, 0.1) is 13.8 Å². The first kappa shape index (κ1) is 19.6. The predicted octanol–water partition coefficient (Wildman–Crippen LogP) is 4.03. The van der Waals surface area contributed by atoms with E-state index in [0.29, 0.717) is 28.9 Å². The molecule has 5 rings (SSSR count). The molecule has 2 aromatic heterocycles. The third-order valence-corrected chi connectivity index (χ3v) is 7.35. The number of anilines is 1. The van der Waals surface area contributed by atoms with Gasteiger partial charge in [0, 0.05) is 47.8 Å². The molecular formula is C22H23ClN4O2S. The minimum absolute atomic E-state index is 0.0177. The number of aromatic nitrogens is 2. The van der Waals surface area contributed by atoms with Crippen molar-refractivity contribution in [1.82, 2.24) is 14.5 Å². The maximum atomic E-state index is 13.3. The van der Waals surface area contributed by atoms with Crippen molar-refractivity contribution in [2.45, 2.75) is 32.7 Å². The Balaban J connectivity index is 1.39. The molecular weight excluding hydrogens is 420 g/mol. The van der Waals surface area contributed by atoms with Gasteiger partial charge in [0.15, 0.2) is 0 Å². The number of carbonyl (C=O) groups is 1. The van der Waals surface area contributed by atoms with Gasteiger partial charge in [-0.1, -0.05) is 17.7 Å². The fourth-order valence-electron chi connectivity index (χ4n) is 4.19. The third-order valence-electron chi connectivity index (χ3n) is 6.03. The Morgan fingerprint density at radius 2 is 1.90 bits per heavy atom. The summed E-state index contributed by atoms with van der Waals surface area (Å²) in [5, 5.41) is 0.720. The summed E-state index contributed by atoms with van der Waals surface area (Å²) in [5.74, 6) is -0.0303. The number of benzene rings is 1. The lowest BCUT2D eigenvalue weighted by Gasteiger charge is -2.37. The van der Waals surface area contributed by atoms with Gasteiger partial charge < -0.3 is 9.80 Å². The maximum absolute atomic E-state index is 13.3. The fourth-order valence-corrected chi connectivity index (χ4v) is 5.39. The van der Waals surface area contributed by atoms with Gasteiger partial charge in [-0.05, 0) is 44.4 Å². The van der Waals surface area contributed by atoms with Crippen LogP contribution >= 0.6 is 22.9 Å². The van der Waals surface area contributed by atoms with E-state index in [-0.39, 0.29) is 17.5 Å². The Morgan fingerprint density at radius 1 is 1.17 bits per heavy atom. The van der Waals surface area contributed by atoms with Gasteiger partial charge in [-0.25, -0.2) is 4.98 Å². The quantitative estimate of drug-likeness (QED) is 0.614. The zero-order valence-electron chi connectivity index (χ0n) is 17.0. The molecule has 1 saturated heterocycles. The molecule has 0 unspecified atom stereocenters. The number of piperazine rings is 1. The number of hydrogen-bond donors (Lipinski definition) is 0. The van der Waals surface area contributed by atoms with E-state index in [1.165, 1.54) is 16.9 Å². The molecule has 30 heavy (non-hydrogen) atoms. The summed E-state index contributed by atoms with van der Waals surface area (Å²) in [7, 11) is 0. The van der Waals surface area contributed by atoms with Gasteiger partial charge in [0.2, 0.25) is 0 Å². The van der Waals surface area contributed by atoms with E-state index in [2.05, 4.69) is 16.8 Å². The Bertz CT molecular complexity index is 1210. The largest absolute Gasteiger partial charge is 0.368 e. The lowest BCUT2D eigenvalue weighted by Crippen LogP contribution is -2.49. The molecule has 0 atom stereocenters. The summed E-state index contributed by atoms with van der Waals surface area (Å²) in [6, 6.07) is 6.18. The first-order valence-electron chi connectivity index (χ1n) is 10.2. The topological polar surface area (TPSA) is 58.4 Å². The molecule has 2 aliphatic rings. The van der Waals surface area contributed by atoms with Crippen molar-refractivity contribution in [2.75, 3.05) is 31.1 Å². The number of halogens is 1. The number of nitrogens with zero attached hydrogens (tertiary/aromatic N) is 4. The second-order valence-corrected chi connectivity index (χ2v) is 9.77. The van der Waals surface area contributed by atoms with Crippen LogP contribution < -0.4 is 10.5 Å². The highest BCUT2D eigenvalue weighted by Crippen LogP contribution is 2.35. The Kier molecular flexibility index (Phi) is 4.82. The maximum Gasteiger partial charge on any atom is 0.271 e. The molecule has 3 aromatic rings. The van der Waals surface area contributed by atoms with E-state index in [4.69, 9.17) is 11.6 Å². The van der Waals surface area contributed by atoms with Crippen molar-refractivity contribution in [3.63, 3.8) is 0 Å². The second-order valence-electron chi connectivity index (χ2n) is 8.11. The molecule has 1 aromatic carbocycles. The summed E-state index contributed by atoms with van der Waals surface area (Å²) in [6.07, 6.45) is 3.67. The second kappa shape index (κ2) is 7.39. The highest BCUT2D eigenvalue weighted by Gasteiger charge is 2.30. The zero-order chi connectivity index (χ0) is 21.0. The van der Waals surface area contributed by atoms with Gasteiger partial charge in [-0.2, -0.15) is 0 Å². The number of thiophene rings is 1. The summed E-state index contributed by atoms with van der Waals surface area (Å²) in [6.45, 7) is 6.73. The lowest BCUT2D eigenvalue weighted by atomic mass is 10.1. The number of aryl methyl sites for hydroxylation is 2. The Morgan fingerprint density at radius 3 is 2.60 bits per heavy atom. The van der Waals surface area contributed by atoms with Crippen LogP contribution in [-0.4, -0.2) is 46.5 Å². The number of amides is 1. The van der Waals surface area contributed by atoms with Gasteiger partial charge in [-0.15, -0.1) is 11.3 Å². The molecule has 0 N–H and O–H groups in total. The first-order valence-corrected chi connectivity index (χ1v) is 11.4. The summed E-state index contributed by atoms with van der Waals surface area (Å²) < 4.78 is 2.32. The normalized spacial score (nSPS) is 17.0. The van der Waals surface area contributed by atoms with Crippen molar-refractivity contribution < 1.29 is 4.79 Å².